The monoisotopic (exact) mass is 436 g/mol. The lowest BCUT2D eigenvalue weighted by Gasteiger charge is -2.36. The van der Waals surface area contributed by atoms with Crippen LogP contribution < -0.4 is 10.2 Å². The zero-order chi connectivity index (χ0) is 22.2. The van der Waals surface area contributed by atoms with Crippen LogP contribution in [0.4, 0.5) is 10.1 Å². The summed E-state index contributed by atoms with van der Waals surface area (Å²) in [5.41, 5.74) is 3.07. The minimum atomic E-state index is -0.621. The fraction of sp³-hybridized carbons (Fsp3) is 0.435. The lowest BCUT2D eigenvalue weighted by atomic mass is 9.97. The number of pyridine rings is 1. The van der Waals surface area contributed by atoms with Gasteiger partial charge in [-0.2, -0.15) is 0 Å². The van der Waals surface area contributed by atoms with Gasteiger partial charge in [0.05, 0.1) is 17.6 Å². The average Bonchev–Trinajstić information content (AvgIpc) is 3.64. The largest absolute Gasteiger partial charge is 0.368 e. The Morgan fingerprint density at radius 1 is 1.25 bits per heavy atom. The molecule has 1 N–H and O–H groups in total. The smallest absolute Gasteiger partial charge is 0.273 e. The molecule has 0 spiro atoms. The minimum Gasteiger partial charge on any atom is -0.368 e. The lowest BCUT2D eigenvalue weighted by Crippen LogP contribution is -2.47. The first-order valence-corrected chi connectivity index (χ1v) is 10.9. The molecule has 2 fully saturated rings. The van der Waals surface area contributed by atoms with E-state index in [1.165, 1.54) is 13.1 Å². The van der Waals surface area contributed by atoms with Crippen molar-refractivity contribution in [1.29, 1.82) is 0 Å². The van der Waals surface area contributed by atoms with Gasteiger partial charge in [-0.15, -0.1) is 0 Å². The molecule has 1 aromatic heterocycles. The Morgan fingerprint density at radius 2 is 2.03 bits per heavy atom. The van der Waals surface area contributed by atoms with Gasteiger partial charge in [0.2, 0.25) is 0 Å². The summed E-state index contributed by atoms with van der Waals surface area (Å²) in [6, 6.07) is 1.23. The fourth-order valence-electron chi connectivity index (χ4n) is 4.32. The first-order valence-electron chi connectivity index (χ1n) is 10.9. The molecule has 8 nitrogen and oxygen atoms in total. The molecule has 5 rings (SSSR count). The van der Waals surface area contributed by atoms with Crippen LogP contribution in [0.3, 0.4) is 0 Å². The second kappa shape index (κ2) is 8.38. The minimum absolute atomic E-state index is 0.108. The number of fused-ring (bicyclic) bond motifs is 1. The molecule has 1 aliphatic carbocycles. The van der Waals surface area contributed by atoms with Crippen LogP contribution in [0.15, 0.2) is 45.5 Å². The first kappa shape index (κ1) is 20.7. The number of dihydropyridines is 2. The van der Waals surface area contributed by atoms with E-state index >= 15 is 0 Å². The number of nitrogens with zero attached hydrogens (tertiary/aromatic N) is 5. The number of rotatable bonds is 5. The Hall–Kier alpha value is -3.20. The molecule has 4 aliphatic rings. The molecule has 1 atom stereocenters. The number of nitrogens with one attached hydrogen (secondary N) is 1. The van der Waals surface area contributed by atoms with E-state index in [0.29, 0.717) is 11.6 Å². The van der Waals surface area contributed by atoms with Crippen LogP contribution in [0.25, 0.3) is 0 Å². The number of aromatic nitrogens is 1. The summed E-state index contributed by atoms with van der Waals surface area (Å²) in [6.07, 6.45) is 9.55. The van der Waals surface area contributed by atoms with Gasteiger partial charge in [0.25, 0.3) is 11.8 Å². The van der Waals surface area contributed by atoms with Gasteiger partial charge in [-0.05, 0) is 36.5 Å². The van der Waals surface area contributed by atoms with Gasteiger partial charge in [-0.1, -0.05) is 0 Å². The molecule has 166 valence electrons. The van der Waals surface area contributed by atoms with Crippen molar-refractivity contribution < 1.29 is 14.0 Å². The Bertz CT molecular complexity index is 1080. The van der Waals surface area contributed by atoms with E-state index in [1.807, 2.05) is 18.4 Å². The highest BCUT2D eigenvalue weighted by molar-refractivity contribution is 6.17. The van der Waals surface area contributed by atoms with Crippen molar-refractivity contribution in [2.24, 2.45) is 15.9 Å². The topological polar surface area (TPSA) is 90.3 Å². The second-order valence-corrected chi connectivity index (χ2v) is 8.55. The van der Waals surface area contributed by atoms with Crippen LogP contribution in [-0.2, 0) is 4.79 Å². The summed E-state index contributed by atoms with van der Waals surface area (Å²) in [7, 11) is 1.45. The Morgan fingerprint density at radius 3 is 2.72 bits per heavy atom. The maximum atomic E-state index is 14.2. The Balaban J connectivity index is 1.18. The Kier molecular flexibility index (Phi) is 5.42. The van der Waals surface area contributed by atoms with Crippen molar-refractivity contribution in [3.05, 3.63) is 47.1 Å². The number of carbonyl (C=O) groups is 2. The number of carbonyl (C=O) groups excluding carboxylic acids is 2. The summed E-state index contributed by atoms with van der Waals surface area (Å²) in [5.74, 6) is -0.882. The molecule has 1 saturated carbocycles. The number of halogens is 1. The van der Waals surface area contributed by atoms with E-state index in [2.05, 4.69) is 30.1 Å². The number of aliphatic imine (C=N–C) groups is 2. The van der Waals surface area contributed by atoms with Crippen LogP contribution in [0.5, 0.6) is 0 Å². The SMILES string of the molecule is CNC(=O)c1ncc(N2CCN(CC3=CC4=NC(=O)C(C5CC5)=CC4N=C3)CC2)cc1F. The molecule has 0 bridgehead atoms. The predicted octanol–water partition coefficient (Wildman–Crippen LogP) is 1.40. The van der Waals surface area contributed by atoms with Gasteiger partial charge in [0.1, 0.15) is 6.04 Å². The predicted molar refractivity (Wildman–Crippen MR) is 120 cm³/mol. The van der Waals surface area contributed by atoms with Gasteiger partial charge in [0, 0.05) is 57.6 Å². The Labute approximate surface area is 185 Å². The quantitative estimate of drug-likeness (QED) is 0.754. The molecule has 0 radical (unpaired) electrons. The number of hydrogen-bond acceptors (Lipinski definition) is 6. The summed E-state index contributed by atoms with van der Waals surface area (Å²) in [5, 5.41) is 2.39. The molecule has 1 unspecified atom stereocenters. The van der Waals surface area contributed by atoms with Crippen molar-refractivity contribution >= 4 is 29.4 Å². The van der Waals surface area contributed by atoms with Crippen LogP contribution in [0.1, 0.15) is 23.3 Å². The van der Waals surface area contributed by atoms with E-state index in [1.54, 1.807) is 6.20 Å². The molecule has 4 heterocycles. The average molecular weight is 436 g/mol. The molecular weight excluding hydrogens is 411 g/mol. The summed E-state index contributed by atoms with van der Waals surface area (Å²) >= 11 is 0. The van der Waals surface area contributed by atoms with Gasteiger partial charge in [-0.3, -0.25) is 19.5 Å². The van der Waals surface area contributed by atoms with Crippen molar-refractivity contribution in [3.63, 3.8) is 0 Å². The lowest BCUT2D eigenvalue weighted by molar-refractivity contribution is -0.114. The van der Waals surface area contributed by atoms with E-state index in [-0.39, 0.29) is 17.6 Å². The van der Waals surface area contributed by atoms with Gasteiger partial charge >= 0.3 is 0 Å². The van der Waals surface area contributed by atoms with Crippen LogP contribution >= 0.6 is 0 Å². The maximum Gasteiger partial charge on any atom is 0.273 e. The normalized spacial score (nSPS) is 23.3. The number of amides is 2. The molecule has 3 aliphatic heterocycles. The highest BCUT2D eigenvalue weighted by atomic mass is 19.1. The maximum absolute atomic E-state index is 14.2. The third-order valence-corrected chi connectivity index (χ3v) is 6.28. The zero-order valence-corrected chi connectivity index (χ0v) is 17.9. The molecule has 1 saturated heterocycles. The van der Waals surface area contributed by atoms with Gasteiger partial charge in [-0.25, -0.2) is 14.4 Å². The fourth-order valence-corrected chi connectivity index (χ4v) is 4.32. The third-order valence-electron chi connectivity index (χ3n) is 6.28. The highest BCUT2D eigenvalue weighted by Gasteiger charge is 2.34. The highest BCUT2D eigenvalue weighted by Crippen LogP contribution is 2.38. The van der Waals surface area contributed by atoms with Crippen molar-refractivity contribution in [2.45, 2.75) is 18.9 Å². The van der Waals surface area contributed by atoms with E-state index in [4.69, 9.17) is 0 Å². The molecule has 2 amide bonds. The van der Waals surface area contributed by atoms with Crippen LogP contribution in [-0.4, -0.2) is 79.4 Å². The molecule has 32 heavy (non-hydrogen) atoms. The second-order valence-electron chi connectivity index (χ2n) is 8.55. The molecule has 9 heteroatoms. The molecule has 0 aromatic carbocycles. The number of hydrogen-bond donors (Lipinski definition) is 1. The van der Waals surface area contributed by atoms with Crippen LogP contribution in [0.2, 0.25) is 0 Å². The summed E-state index contributed by atoms with van der Waals surface area (Å²) < 4.78 is 14.2. The van der Waals surface area contributed by atoms with Crippen LogP contribution in [0, 0.1) is 11.7 Å². The summed E-state index contributed by atoms with van der Waals surface area (Å²) in [4.78, 5) is 41.2. The summed E-state index contributed by atoms with van der Waals surface area (Å²) in [6.45, 7) is 3.76. The van der Waals surface area contributed by atoms with E-state index in [9.17, 15) is 14.0 Å². The van der Waals surface area contributed by atoms with Crippen molar-refractivity contribution in [2.75, 3.05) is 44.7 Å². The molecule has 1 aromatic rings. The third kappa shape index (κ3) is 4.12. The zero-order valence-electron chi connectivity index (χ0n) is 17.9. The number of anilines is 1. The van der Waals surface area contributed by atoms with E-state index < -0.39 is 11.7 Å². The van der Waals surface area contributed by atoms with Gasteiger partial charge < -0.3 is 10.2 Å². The first-order chi connectivity index (χ1) is 15.5. The van der Waals surface area contributed by atoms with Crippen molar-refractivity contribution in [1.82, 2.24) is 15.2 Å². The van der Waals surface area contributed by atoms with Crippen molar-refractivity contribution in [3.8, 4) is 0 Å². The molecular formula is C23H25FN6O2. The number of piperazine rings is 1. The standard InChI is InChI=1S/C23H25FN6O2/c1-25-23(32)21-18(24)9-16(12-27-21)30-6-4-29(5-7-30)13-14-8-20-19(26-11-14)10-17(15-2-3-15)22(31)28-20/h8-12,15,19H,2-7,13H2,1H3,(H,25,32). The van der Waals surface area contributed by atoms with Gasteiger partial charge in [0.15, 0.2) is 11.5 Å². The van der Waals surface area contributed by atoms with E-state index in [0.717, 1.165) is 62.4 Å².